The number of carboxylic acids is 1. The van der Waals surface area contributed by atoms with Crippen LogP contribution in [0.4, 0.5) is 0 Å². The molecule has 1 N–H and O–H groups in total. The lowest BCUT2D eigenvalue weighted by Gasteiger charge is -2.22. The molecule has 0 aliphatic carbocycles. The first-order chi connectivity index (χ1) is 10.6. The number of rotatable bonds is 7. The first-order valence-electron chi connectivity index (χ1n) is 7.17. The Morgan fingerprint density at radius 3 is 2.45 bits per heavy atom. The predicted molar refractivity (Wildman–Crippen MR) is 87.1 cm³/mol. The van der Waals surface area contributed by atoms with E-state index in [4.69, 9.17) is 5.11 Å². The number of amides is 1. The van der Waals surface area contributed by atoms with Gasteiger partial charge in [-0.3, -0.25) is 9.59 Å². The van der Waals surface area contributed by atoms with Gasteiger partial charge in [0, 0.05) is 24.4 Å². The predicted octanol–water partition coefficient (Wildman–Crippen LogP) is 3.56. The fraction of sp³-hybridized carbons (Fsp3) is 0.294. The van der Waals surface area contributed by atoms with E-state index in [1.54, 1.807) is 4.90 Å². The number of benzene rings is 1. The van der Waals surface area contributed by atoms with Crippen LogP contribution < -0.4 is 0 Å². The van der Waals surface area contributed by atoms with Crippen molar-refractivity contribution in [3.63, 3.8) is 0 Å². The van der Waals surface area contributed by atoms with Crippen LogP contribution in [0.3, 0.4) is 0 Å². The fourth-order valence-corrected chi connectivity index (χ4v) is 3.02. The Kier molecular flexibility index (Phi) is 5.72. The molecular formula is C17H19NO3S. The number of thiophene rings is 1. The molecule has 22 heavy (non-hydrogen) atoms. The molecule has 1 aromatic carbocycles. The lowest BCUT2D eigenvalue weighted by molar-refractivity contribution is -0.137. The lowest BCUT2D eigenvalue weighted by Crippen LogP contribution is -2.31. The summed E-state index contributed by atoms with van der Waals surface area (Å²) in [7, 11) is 0. The Balaban J connectivity index is 2.09. The summed E-state index contributed by atoms with van der Waals surface area (Å²) >= 11 is 1.47. The number of carbonyl (C=O) groups is 2. The van der Waals surface area contributed by atoms with Crippen LogP contribution in [0.15, 0.2) is 42.5 Å². The van der Waals surface area contributed by atoms with Gasteiger partial charge < -0.3 is 10.0 Å². The molecule has 0 aliphatic heterocycles. The first kappa shape index (κ1) is 16.2. The van der Waals surface area contributed by atoms with Gasteiger partial charge in [0.1, 0.15) is 0 Å². The molecule has 0 unspecified atom stereocenters. The Morgan fingerprint density at radius 2 is 1.86 bits per heavy atom. The van der Waals surface area contributed by atoms with Crippen LogP contribution >= 0.6 is 11.3 Å². The maximum absolute atomic E-state index is 12.6. The average Bonchev–Trinajstić information content (AvgIpc) is 2.93. The summed E-state index contributed by atoms with van der Waals surface area (Å²) in [5.41, 5.74) is 1.04. The van der Waals surface area contributed by atoms with Crippen LogP contribution in [0.2, 0.25) is 0 Å². The second-order valence-electron chi connectivity index (χ2n) is 5.12. The summed E-state index contributed by atoms with van der Waals surface area (Å²) in [6, 6.07) is 13.5. The van der Waals surface area contributed by atoms with Gasteiger partial charge in [0.25, 0.3) is 5.91 Å². The summed E-state index contributed by atoms with van der Waals surface area (Å²) < 4.78 is 0. The average molecular weight is 317 g/mol. The molecule has 0 radical (unpaired) electrons. The van der Waals surface area contributed by atoms with Crippen molar-refractivity contribution in [2.45, 2.75) is 26.3 Å². The topological polar surface area (TPSA) is 57.6 Å². The van der Waals surface area contributed by atoms with Crippen LogP contribution in [0.1, 0.15) is 33.0 Å². The van der Waals surface area contributed by atoms with Crippen molar-refractivity contribution >= 4 is 23.2 Å². The zero-order chi connectivity index (χ0) is 15.9. The summed E-state index contributed by atoms with van der Waals surface area (Å²) in [5, 5.41) is 8.77. The number of carbonyl (C=O) groups excluding carboxylic acids is 1. The number of hydrogen-bond donors (Lipinski definition) is 1. The molecule has 2 aromatic rings. The number of nitrogens with zero attached hydrogens (tertiary/aromatic N) is 1. The molecule has 1 aromatic heterocycles. The van der Waals surface area contributed by atoms with E-state index in [0.717, 1.165) is 10.4 Å². The van der Waals surface area contributed by atoms with E-state index in [1.165, 1.54) is 11.3 Å². The van der Waals surface area contributed by atoms with Crippen molar-refractivity contribution in [2.24, 2.45) is 0 Å². The highest BCUT2D eigenvalue weighted by atomic mass is 32.1. The molecule has 116 valence electrons. The van der Waals surface area contributed by atoms with E-state index < -0.39 is 5.97 Å². The van der Waals surface area contributed by atoms with Crippen molar-refractivity contribution in [3.05, 3.63) is 57.8 Å². The number of aryl methyl sites for hydroxylation is 1. The minimum absolute atomic E-state index is 0.0349. The van der Waals surface area contributed by atoms with E-state index >= 15 is 0 Å². The van der Waals surface area contributed by atoms with Crippen LogP contribution in [0.5, 0.6) is 0 Å². The van der Waals surface area contributed by atoms with Gasteiger partial charge in [0.15, 0.2) is 0 Å². The molecule has 2 rings (SSSR count). The molecule has 1 heterocycles. The van der Waals surface area contributed by atoms with Gasteiger partial charge in [0.05, 0.1) is 4.88 Å². The molecule has 0 spiro atoms. The summed E-state index contributed by atoms with van der Waals surface area (Å²) in [4.78, 5) is 26.8. The van der Waals surface area contributed by atoms with Crippen LogP contribution in [-0.2, 0) is 11.3 Å². The van der Waals surface area contributed by atoms with Gasteiger partial charge >= 0.3 is 5.97 Å². The third-order valence-corrected chi connectivity index (χ3v) is 4.26. The van der Waals surface area contributed by atoms with E-state index in [0.29, 0.717) is 24.4 Å². The second kappa shape index (κ2) is 7.75. The van der Waals surface area contributed by atoms with E-state index in [1.807, 2.05) is 49.4 Å². The molecule has 4 nitrogen and oxygen atoms in total. The quantitative estimate of drug-likeness (QED) is 0.849. The van der Waals surface area contributed by atoms with Gasteiger partial charge in [-0.1, -0.05) is 30.3 Å². The maximum Gasteiger partial charge on any atom is 0.303 e. The Labute approximate surface area is 134 Å². The highest BCUT2D eigenvalue weighted by Gasteiger charge is 2.17. The van der Waals surface area contributed by atoms with E-state index in [9.17, 15) is 9.59 Å². The summed E-state index contributed by atoms with van der Waals surface area (Å²) in [6.07, 6.45) is 0.528. The normalized spacial score (nSPS) is 10.4. The molecule has 1 amide bonds. The van der Waals surface area contributed by atoms with Crippen molar-refractivity contribution in [3.8, 4) is 0 Å². The number of hydrogen-bond acceptors (Lipinski definition) is 3. The summed E-state index contributed by atoms with van der Waals surface area (Å²) in [6.45, 7) is 2.90. The third kappa shape index (κ3) is 4.70. The SMILES string of the molecule is Cc1ccc(C(=O)N(CCCC(=O)O)Cc2ccccc2)s1. The Morgan fingerprint density at radius 1 is 1.14 bits per heavy atom. The van der Waals surface area contributed by atoms with Crippen molar-refractivity contribution < 1.29 is 14.7 Å². The lowest BCUT2D eigenvalue weighted by atomic mass is 10.2. The Bertz CT molecular complexity index is 636. The molecule has 0 saturated carbocycles. The van der Waals surface area contributed by atoms with E-state index in [-0.39, 0.29) is 12.3 Å². The standard InChI is InChI=1S/C17H19NO3S/c1-13-9-10-15(22-13)17(21)18(11-5-8-16(19)20)12-14-6-3-2-4-7-14/h2-4,6-7,9-10H,5,8,11-12H2,1H3,(H,19,20). The molecular weight excluding hydrogens is 298 g/mol. The number of aliphatic carboxylic acids is 1. The van der Waals surface area contributed by atoms with Gasteiger partial charge in [-0.05, 0) is 31.0 Å². The molecule has 0 atom stereocenters. The van der Waals surface area contributed by atoms with Crippen LogP contribution in [0, 0.1) is 6.92 Å². The van der Waals surface area contributed by atoms with Crippen molar-refractivity contribution in [1.29, 1.82) is 0 Å². The fourth-order valence-electron chi connectivity index (χ4n) is 2.18. The molecule has 0 saturated heterocycles. The van der Waals surface area contributed by atoms with Crippen molar-refractivity contribution in [2.75, 3.05) is 6.54 Å². The van der Waals surface area contributed by atoms with Crippen LogP contribution in [-0.4, -0.2) is 28.4 Å². The molecule has 0 aliphatic rings. The summed E-state index contributed by atoms with van der Waals surface area (Å²) in [5.74, 6) is -0.869. The Hall–Kier alpha value is -2.14. The highest BCUT2D eigenvalue weighted by Crippen LogP contribution is 2.19. The van der Waals surface area contributed by atoms with Crippen molar-refractivity contribution in [1.82, 2.24) is 4.90 Å². The maximum atomic E-state index is 12.6. The number of carboxylic acid groups (broad SMARTS) is 1. The van der Waals surface area contributed by atoms with E-state index in [2.05, 4.69) is 0 Å². The third-order valence-electron chi connectivity index (χ3n) is 3.27. The minimum atomic E-state index is -0.834. The largest absolute Gasteiger partial charge is 0.481 e. The smallest absolute Gasteiger partial charge is 0.303 e. The van der Waals surface area contributed by atoms with Crippen LogP contribution in [0.25, 0.3) is 0 Å². The zero-order valence-corrected chi connectivity index (χ0v) is 13.3. The first-order valence-corrected chi connectivity index (χ1v) is 7.99. The van der Waals surface area contributed by atoms with Gasteiger partial charge in [0.2, 0.25) is 0 Å². The molecule has 5 heteroatoms. The second-order valence-corrected chi connectivity index (χ2v) is 6.41. The monoisotopic (exact) mass is 317 g/mol. The highest BCUT2D eigenvalue weighted by molar-refractivity contribution is 7.13. The molecule has 0 fully saturated rings. The van der Waals surface area contributed by atoms with Gasteiger partial charge in [-0.2, -0.15) is 0 Å². The zero-order valence-electron chi connectivity index (χ0n) is 12.5. The minimum Gasteiger partial charge on any atom is -0.481 e. The van der Waals surface area contributed by atoms with Gasteiger partial charge in [-0.25, -0.2) is 0 Å². The van der Waals surface area contributed by atoms with Gasteiger partial charge in [-0.15, -0.1) is 11.3 Å². The molecule has 0 bridgehead atoms.